The molecule has 1 aliphatic rings. The summed E-state index contributed by atoms with van der Waals surface area (Å²) in [7, 11) is 6.48. The van der Waals surface area contributed by atoms with Crippen molar-refractivity contribution in [2.75, 3.05) is 40.8 Å². The van der Waals surface area contributed by atoms with E-state index in [9.17, 15) is 0 Å². The highest BCUT2D eigenvalue weighted by atomic mass is 15.2. The first kappa shape index (κ1) is 16.5. The van der Waals surface area contributed by atoms with Crippen LogP contribution < -0.4 is 5.32 Å². The lowest BCUT2D eigenvalue weighted by Crippen LogP contribution is -2.34. The predicted octanol–water partition coefficient (Wildman–Crippen LogP) is 2.53. The van der Waals surface area contributed by atoms with Gasteiger partial charge in [0.1, 0.15) is 0 Å². The van der Waals surface area contributed by atoms with E-state index in [1.54, 1.807) is 0 Å². The molecule has 0 bridgehead atoms. The minimum atomic E-state index is 0.458. The molecule has 0 spiro atoms. The van der Waals surface area contributed by atoms with E-state index >= 15 is 0 Å². The Labute approximate surface area is 130 Å². The first-order chi connectivity index (χ1) is 10.0. The number of nitrogens with one attached hydrogen (secondary N) is 1. The molecule has 3 atom stereocenters. The summed E-state index contributed by atoms with van der Waals surface area (Å²) in [5, 5.41) is 3.49. The number of aryl methyl sites for hydroxylation is 1. The molecular weight excluding hydrogens is 258 g/mol. The average Bonchev–Trinajstić information content (AvgIpc) is 2.82. The van der Waals surface area contributed by atoms with Gasteiger partial charge < -0.3 is 15.1 Å². The van der Waals surface area contributed by atoms with Gasteiger partial charge in [-0.3, -0.25) is 0 Å². The highest BCUT2D eigenvalue weighted by Crippen LogP contribution is 2.24. The first-order valence-electron chi connectivity index (χ1n) is 8.14. The maximum atomic E-state index is 3.49. The third-order valence-corrected chi connectivity index (χ3v) is 4.96. The molecule has 3 heteroatoms. The normalized spacial score (nSPS) is 24.7. The third kappa shape index (κ3) is 4.06. The van der Waals surface area contributed by atoms with Crippen LogP contribution in [0.2, 0.25) is 0 Å². The number of hydrogen-bond donors (Lipinski definition) is 1. The number of nitrogens with zero attached hydrogens (tertiary/aromatic N) is 2. The summed E-state index contributed by atoms with van der Waals surface area (Å²) in [6, 6.07) is 9.89. The summed E-state index contributed by atoms with van der Waals surface area (Å²) in [5.41, 5.74) is 2.83. The quantitative estimate of drug-likeness (QED) is 0.868. The molecule has 1 aromatic carbocycles. The van der Waals surface area contributed by atoms with Crippen LogP contribution in [0.5, 0.6) is 0 Å². The molecule has 1 N–H and O–H groups in total. The van der Waals surface area contributed by atoms with Crippen LogP contribution in [0.1, 0.15) is 30.5 Å². The molecule has 0 aliphatic carbocycles. The second kappa shape index (κ2) is 7.39. The largest absolute Gasteiger partial charge is 0.313 e. The fourth-order valence-electron chi connectivity index (χ4n) is 3.65. The summed E-state index contributed by atoms with van der Waals surface area (Å²) in [5.74, 6) is 0.770. The summed E-state index contributed by atoms with van der Waals surface area (Å²) in [4.78, 5) is 5.00. The van der Waals surface area contributed by atoms with Gasteiger partial charge in [0.15, 0.2) is 0 Å². The molecule has 1 aromatic rings. The fourth-order valence-corrected chi connectivity index (χ4v) is 3.65. The van der Waals surface area contributed by atoms with Crippen molar-refractivity contribution in [2.24, 2.45) is 5.92 Å². The van der Waals surface area contributed by atoms with Gasteiger partial charge in [0.25, 0.3) is 0 Å². The van der Waals surface area contributed by atoms with Gasteiger partial charge in [-0.05, 0) is 51.5 Å². The molecule has 3 nitrogen and oxygen atoms in total. The van der Waals surface area contributed by atoms with E-state index < -0.39 is 0 Å². The van der Waals surface area contributed by atoms with Crippen LogP contribution >= 0.6 is 0 Å². The summed E-state index contributed by atoms with van der Waals surface area (Å²) in [6.07, 6.45) is 1.17. The lowest BCUT2D eigenvalue weighted by molar-refractivity contribution is 0.248. The van der Waals surface area contributed by atoms with Gasteiger partial charge in [0, 0.05) is 31.7 Å². The Morgan fingerprint density at radius 3 is 2.57 bits per heavy atom. The Kier molecular flexibility index (Phi) is 5.80. The topological polar surface area (TPSA) is 18.5 Å². The maximum Gasteiger partial charge on any atom is 0.0332 e. The molecule has 1 saturated heterocycles. The second-order valence-corrected chi connectivity index (χ2v) is 6.75. The first-order valence-corrected chi connectivity index (χ1v) is 8.14. The molecule has 1 fully saturated rings. The minimum absolute atomic E-state index is 0.458. The molecule has 1 aliphatic heterocycles. The van der Waals surface area contributed by atoms with Crippen molar-refractivity contribution in [3.63, 3.8) is 0 Å². The van der Waals surface area contributed by atoms with E-state index in [0.29, 0.717) is 12.1 Å². The van der Waals surface area contributed by atoms with Crippen LogP contribution in [0.15, 0.2) is 24.3 Å². The van der Waals surface area contributed by atoms with Gasteiger partial charge in [-0.2, -0.15) is 0 Å². The van der Waals surface area contributed by atoms with E-state index in [0.717, 1.165) is 5.92 Å². The highest BCUT2D eigenvalue weighted by Gasteiger charge is 2.30. The zero-order valence-electron chi connectivity index (χ0n) is 14.3. The van der Waals surface area contributed by atoms with E-state index in [-0.39, 0.29) is 0 Å². The van der Waals surface area contributed by atoms with E-state index in [2.05, 4.69) is 74.4 Å². The zero-order chi connectivity index (χ0) is 15.4. The molecule has 0 amide bonds. The Bertz CT molecular complexity index is 444. The van der Waals surface area contributed by atoms with Gasteiger partial charge in [0.2, 0.25) is 0 Å². The van der Waals surface area contributed by atoms with Crippen LogP contribution in [0, 0.1) is 12.8 Å². The Balaban J connectivity index is 1.91. The predicted molar refractivity (Wildman–Crippen MR) is 90.7 cm³/mol. The number of benzene rings is 1. The van der Waals surface area contributed by atoms with Crippen LogP contribution in [0.3, 0.4) is 0 Å². The highest BCUT2D eigenvalue weighted by molar-refractivity contribution is 5.28. The Morgan fingerprint density at radius 1 is 1.29 bits per heavy atom. The van der Waals surface area contributed by atoms with Gasteiger partial charge in [-0.25, -0.2) is 0 Å². The van der Waals surface area contributed by atoms with Crippen LogP contribution in [-0.4, -0.2) is 56.6 Å². The number of hydrogen-bond acceptors (Lipinski definition) is 3. The standard InChI is InChI=1S/C18H31N3/c1-14-8-6-7-9-16(14)17(19-3)10-11-21-12-15(2)18(13-21)20(4)5/h6-9,15,17-19H,10-13H2,1-5H3. The SMILES string of the molecule is CNC(CCN1CC(C)C(N(C)C)C1)c1ccccc1C. The summed E-state index contributed by atoms with van der Waals surface area (Å²) < 4.78 is 0. The van der Waals surface area contributed by atoms with Gasteiger partial charge in [-0.1, -0.05) is 31.2 Å². The van der Waals surface area contributed by atoms with E-state index in [1.807, 2.05) is 0 Å². The molecule has 0 radical (unpaired) electrons. The number of likely N-dealkylation sites (tertiary alicyclic amines) is 1. The molecule has 1 heterocycles. The molecule has 21 heavy (non-hydrogen) atoms. The summed E-state index contributed by atoms with van der Waals surface area (Å²) in [6.45, 7) is 8.20. The summed E-state index contributed by atoms with van der Waals surface area (Å²) >= 11 is 0. The number of rotatable bonds is 6. The smallest absolute Gasteiger partial charge is 0.0332 e. The van der Waals surface area contributed by atoms with Gasteiger partial charge >= 0.3 is 0 Å². The third-order valence-electron chi connectivity index (χ3n) is 4.96. The van der Waals surface area contributed by atoms with Crippen molar-refractivity contribution in [3.8, 4) is 0 Å². The average molecular weight is 289 g/mol. The minimum Gasteiger partial charge on any atom is -0.313 e. The van der Waals surface area contributed by atoms with Crippen molar-refractivity contribution < 1.29 is 0 Å². The van der Waals surface area contributed by atoms with Crippen molar-refractivity contribution in [1.29, 1.82) is 0 Å². The Hall–Kier alpha value is -0.900. The lowest BCUT2D eigenvalue weighted by Gasteiger charge is -2.24. The van der Waals surface area contributed by atoms with Crippen LogP contribution in [0.25, 0.3) is 0 Å². The van der Waals surface area contributed by atoms with Crippen LogP contribution in [0.4, 0.5) is 0 Å². The monoisotopic (exact) mass is 289 g/mol. The molecule has 3 unspecified atom stereocenters. The molecular formula is C18H31N3. The van der Waals surface area contributed by atoms with Crippen molar-refractivity contribution in [2.45, 2.75) is 32.4 Å². The van der Waals surface area contributed by atoms with Crippen LogP contribution in [-0.2, 0) is 0 Å². The van der Waals surface area contributed by atoms with E-state index in [4.69, 9.17) is 0 Å². The van der Waals surface area contributed by atoms with Crippen molar-refractivity contribution >= 4 is 0 Å². The lowest BCUT2D eigenvalue weighted by atomic mass is 9.99. The van der Waals surface area contributed by atoms with E-state index in [1.165, 1.54) is 37.2 Å². The molecule has 2 rings (SSSR count). The molecule has 118 valence electrons. The van der Waals surface area contributed by atoms with Gasteiger partial charge in [-0.15, -0.1) is 0 Å². The zero-order valence-corrected chi connectivity index (χ0v) is 14.3. The van der Waals surface area contributed by atoms with Gasteiger partial charge in [0.05, 0.1) is 0 Å². The molecule has 0 aromatic heterocycles. The fraction of sp³-hybridized carbons (Fsp3) is 0.667. The number of likely N-dealkylation sites (N-methyl/N-ethyl adjacent to an activating group) is 1. The van der Waals surface area contributed by atoms with Crippen molar-refractivity contribution in [3.05, 3.63) is 35.4 Å². The second-order valence-electron chi connectivity index (χ2n) is 6.75. The Morgan fingerprint density at radius 2 is 2.00 bits per heavy atom. The van der Waals surface area contributed by atoms with Crippen molar-refractivity contribution in [1.82, 2.24) is 15.1 Å². The maximum absolute atomic E-state index is 3.49. The molecule has 0 saturated carbocycles.